The first kappa shape index (κ1) is 12.0. The van der Waals surface area contributed by atoms with E-state index in [1.165, 1.54) is 12.1 Å². The standard InChI is InChI=1S/C15H12FN3O2/c16-9-1-3-12-11(7-9)18-15(17)19(12)10-2-4-13-14(8-10)21-6-5-20-13/h1-4,7-8H,5-6H2,(H2,17,18). The molecular formula is C15H12FN3O2. The number of nitrogens with zero attached hydrogens (tertiary/aromatic N) is 2. The highest BCUT2D eigenvalue weighted by molar-refractivity contribution is 5.81. The minimum atomic E-state index is -0.339. The van der Waals surface area contributed by atoms with E-state index in [9.17, 15) is 4.39 Å². The molecule has 3 aromatic rings. The Labute approximate surface area is 119 Å². The molecule has 0 bridgehead atoms. The molecule has 0 aliphatic carbocycles. The van der Waals surface area contributed by atoms with E-state index in [1.54, 1.807) is 10.6 Å². The lowest BCUT2D eigenvalue weighted by molar-refractivity contribution is 0.171. The van der Waals surface area contributed by atoms with Crippen molar-refractivity contribution in [3.8, 4) is 17.2 Å². The summed E-state index contributed by atoms with van der Waals surface area (Å²) in [5, 5.41) is 0. The predicted octanol–water partition coefficient (Wildman–Crippen LogP) is 2.52. The fourth-order valence-electron chi connectivity index (χ4n) is 2.51. The number of nitrogen functional groups attached to an aromatic ring is 1. The third-order valence-corrected chi connectivity index (χ3v) is 3.43. The second kappa shape index (κ2) is 4.37. The number of halogens is 1. The van der Waals surface area contributed by atoms with E-state index < -0.39 is 0 Å². The Hall–Kier alpha value is -2.76. The lowest BCUT2D eigenvalue weighted by atomic mass is 10.2. The van der Waals surface area contributed by atoms with Crippen LogP contribution >= 0.6 is 0 Å². The number of rotatable bonds is 1. The molecule has 0 spiro atoms. The molecular weight excluding hydrogens is 273 g/mol. The minimum absolute atomic E-state index is 0.298. The van der Waals surface area contributed by atoms with Crippen LogP contribution in [0.3, 0.4) is 0 Å². The average molecular weight is 285 g/mol. The molecule has 0 fully saturated rings. The average Bonchev–Trinajstić information content (AvgIpc) is 2.81. The summed E-state index contributed by atoms with van der Waals surface area (Å²) in [6.07, 6.45) is 0. The van der Waals surface area contributed by atoms with Crippen LogP contribution in [0, 0.1) is 5.82 Å². The van der Waals surface area contributed by atoms with Crippen molar-refractivity contribution in [1.82, 2.24) is 9.55 Å². The van der Waals surface area contributed by atoms with Gasteiger partial charge in [0.2, 0.25) is 5.95 Å². The third kappa shape index (κ3) is 1.87. The topological polar surface area (TPSA) is 62.3 Å². The van der Waals surface area contributed by atoms with Gasteiger partial charge in [0.05, 0.1) is 16.7 Å². The SMILES string of the molecule is Nc1nc2cc(F)ccc2n1-c1ccc2c(c1)OCCO2. The molecule has 4 rings (SSSR count). The molecule has 6 heteroatoms. The van der Waals surface area contributed by atoms with E-state index in [-0.39, 0.29) is 5.82 Å². The molecule has 5 nitrogen and oxygen atoms in total. The molecule has 0 atom stereocenters. The van der Waals surface area contributed by atoms with Crippen molar-refractivity contribution in [2.45, 2.75) is 0 Å². The van der Waals surface area contributed by atoms with Crippen molar-refractivity contribution in [2.24, 2.45) is 0 Å². The number of imidazole rings is 1. The molecule has 0 radical (unpaired) electrons. The molecule has 21 heavy (non-hydrogen) atoms. The number of aromatic nitrogens is 2. The maximum absolute atomic E-state index is 13.3. The van der Waals surface area contributed by atoms with Gasteiger partial charge in [0.15, 0.2) is 11.5 Å². The van der Waals surface area contributed by atoms with E-state index in [1.807, 2.05) is 18.2 Å². The Morgan fingerprint density at radius 2 is 1.86 bits per heavy atom. The zero-order chi connectivity index (χ0) is 14.4. The second-order valence-electron chi connectivity index (χ2n) is 4.77. The molecule has 2 N–H and O–H groups in total. The van der Waals surface area contributed by atoms with Crippen molar-refractivity contribution in [2.75, 3.05) is 18.9 Å². The fraction of sp³-hybridized carbons (Fsp3) is 0.133. The Morgan fingerprint density at radius 3 is 2.71 bits per heavy atom. The summed E-state index contributed by atoms with van der Waals surface area (Å²) in [4.78, 5) is 4.19. The van der Waals surface area contributed by atoms with E-state index in [0.29, 0.717) is 36.2 Å². The monoisotopic (exact) mass is 285 g/mol. The van der Waals surface area contributed by atoms with Gasteiger partial charge in [-0.1, -0.05) is 0 Å². The van der Waals surface area contributed by atoms with Crippen molar-refractivity contribution < 1.29 is 13.9 Å². The van der Waals surface area contributed by atoms with Gasteiger partial charge in [0, 0.05) is 12.1 Å². The summed E-state index contributed by atoms with van der Waals surface area (Å²) in [5.74, 6) is 1.34. The van der Waals surface area contributed by atoms with Crippen LogP contribution in [0.25, 0.3) is 16.7 Å². The fourth-order valence-corrected chi connectivity index (χ4v) is 2.51. The number of anilines is 1. The number of nitrogens with two attached hydrogens (primary N) is 1. The minimum Gasteiger partial charge on any atom is -0.486 e. The van der Waals surface area contributed by atoms with Gasteiger partial charge in [-0.05, 0) is 24.3 Å². The van der Waals surface area contributed by atoms with Crippen molar-refractivity contribution in [3.63, 3.8) is 0 Å². The zero-order valence-electron chi connectivity index (χ0n) is 11.0. The van der Waals surface area contributed by atoms with Crippen LogP contribution < -0.4 is 15.2 Å². The molecule has 1 aromatic heterocycles. The normalized spacial score (nSPS) is 13.6. The summed E-state index contributed by atoms with van der Waals surface area (Å²) in [5.41, 5.74) is 8.02. The van der Waals surface area contributed by atoms with E-state index in [4.69, 9.17) is 15.2 Å². The molecule has 0 saturated heterocycles. The highest BCUT2D eigenvalue weighted by Gasteiger charge is 2.15. The van der Waals surface area contributed by atoms with Gasteiger partial charge in [-0.15, -0.1) is 0 Å². The van der Waals surface area contributed by atoms with E-state index in [2.05, 4.69) is 4.98 Å². The molecule has 2 heterocycles. The third-order valence-electron chi connectivity index (χ3n) is 3.43. The molecule has 1 aliphatic heterocycles. The maximum Gasteiger partial charge on any atom is 0.205 e. The second-order valence-corrected chi connectivity index (χ2v) is 4.77. The van der Waals surface area contributed by atoms with Gasteiger partial charge in [0.1, 0.15) is 19.0 Å². The predicted molar refractivity (Wildman–Crippen MR) is 76.4 cm³/mol. The van der Waals surface area contributed by atoms with Gasteiger partial charge in [-0.25, -0.2) is 9.37 Å². The van der Waals surface area contributed by atoms with Crippen molar-refractivity contribution in [3.05, 3.63) is 42.2 Å². The highest BCUT2D eigenvalue weighted by Crippen LogP contribution is 2.34. The number of hydrogen-bond donors (Lipinski definition) is 1. The summed E-state index contributed by atoms with van der Waals surface area (Å²) in [6, 6.07) is 9.95. The molecule has 0 amide bonds. The van der Waals surface area contributed by atoms with Crippen LogP contribution in [0.1, 0.15) is 0 Å². The number of benzene rings is 2. The Bertz CT molecular complexity index is 844. The smallest absolute Gasteiger partial charge is 0.205 e. The lowest BCUT2D eigenvalue weighted by Crippen LogP contribution is -2.15. The van der Waals surface area contributed by atoms with Crippen molar-refractivity contribution in [1.29, 1.82) is 0 Å². The Morgan fingerprint density at radius 1 is 1.05 bits per heavy atom. The van der Waals surface area contributed by atoms with Gasteiger partial charge in [0.25, 0.3) is 0 Å². The number of fused-ring (bicyclic) bond motifs is 2. The maximum atomic E-state index is 13.3. The first-order valence-electron chi connectivity index (χ1n) is 6.56. The van der Waals surface area contributed by atoms with Gasteiger partial charge >= 0.3 is 0 Å². The number of hydrogen-bond acceptors (Lipinski definition) is 4. The summed E-state index contributed by atoms with van der Waals surface area (Å²) < 4.78 is 26.1. The quantitative estimate of drug-likeness (QED) is 0.746. The summed E-state index contributed by atoms with van der Waals surface area (Å²) >= 11 is 0. The number of ether oxygens (including phenoxy) is 2. The molecule has 106 valence electrons. The van der Waals surface area contributed by atoms with Gasteiger partial charge < -0.3 is 15.2 Å². The lowest BCUT2D eigenvalue weighted by Gasteiger charge is -2.19. The van der Waals surface area contributed by atoms with Crippen LogP contribution in [0.15, 0.2) is 36.4 Å². The Balaban J connectivity index is 1.92. The molecule has 1 aliphatic rings. The van der Waals surface area contributed by atoms with Crippen LogP contribution in [0.4, 0.5) is 10.3 Å². The molecule has 0 saturated carbocycles. The molecule has 0 unspecified atom stereocenters. The van der Waals surface area contributed by atoms with E-state index in [0.717, 1.165) is 11.2 Å². The first-order valence-corrected chi connectivity index (χ1v) is 6.56. The molecule has 2 aromatic carbocycles. The summed E-state index contributed by atoms with van der Waals surface area (Å²) in [7, 11) is 0. The van der Waals surface area contributed by atoms with Gasteiger partial charge in [-0.2, -0.15) is 0 Å². The van der Waals surface area contributed by atoms with Crippen LogP contribution in [-0.2, 0) is 0 Å². The van der Waals surface area contributed by atoms with Crippen LogP contribution in [0.2, 0.25) is 0 Å². The van der Waals surface area contributed by atoms with Gasteiger partial charge in [-0.3, -0.25) is 4.57 Å². The van der Waals surface area contributed by atoms with Crippen molar-refractivity contribution >= 4 is 17.0 Å². The largest absolute Gasteiger partial charge is 0.486 e. The van der Waals surface area contributed by atoms with E-state index >= 15 is 0 Å². The highest BCUT2D eigenvalue weighted by atomic mass is 19.1. The summed E-state index contributed by atoms with van der Waals surface area (Å²) in [6.45, 7) is 1.06. The Kier molecular flexibility index (Phi) is 2.50. The zero-order valence-corrected chi connectivity index (χ0v) is 11.0. The van der Waals surface area contributed by atoms with Crippen LogP contribution in [0.5, 0.6) is 11.5 Å². The van der Waals surface area contributed by atoms with Crippen LogP contribution in [-0.4, -0.2) is 22.8 Å². The first-order chi connectivity index (χ1) is 10.2.